The molecule has 0 spiro atoms. The van der Waals surface area contributed by atoms with Gasteiger partial charge in [-0.05, 0) is 12.8 Å². The molecule has 0 saturated carbocycles. The molecule has 0 aromatic rings. The fraction of sp³-hybridized carbons (Fsp3) is 0.727. The molecule has 8 heteroatoms. The van der Waals surface area contributed by atoms with Crippen molar-refractivity contribution in [1.29, 1.82) is 5.26 Å². The first-order valence-electron chi connectivity index (χ1n) is 5.89. The van der Waals surface area contributed by atoms with Gasteiger partial charge in [0.15, 0.2) is 5.92 Å². The van der Waals surface area contributed by atoms with Gasteiger partial charge in [0.1, 0.15) is 6.04 Å². The van der Waals surface area contributed by atoms with Gasteiger partial charge in [-0.2, -0.15) is 18.4 Å². The second-order valence-corrected chi connectivity index (χ2v) is 4.69. The number of hydrogen-bond donors (Lipinski definition) is 0. The van der Waals surface area contributed by atoms with Gasteiger partial charge in [0, 0.05) is 13.1 Å². The lowest BCUT2D eigenvalue weighted by Crippen LogP contribution is -2.58. The van der Waals surface area contributed by atoms with Gasteiger partial charge in [-0.25, -0.2) is 0 Å². The molecule has 2 aliphatic heterocycles. The number of carbonyl (C=O) groups excluding carboxylic acids is 2. The maximum Gasteiger partial charge on any atom is 0.406 e. The van der Waals surface area contributed by atoms with Crippen molar-refractivity contribution >= 4 is 11.8 Å². The van der Waals surface area contributed by atoms with Gasteiger partial charge in [0.05, 0.1) is 12.6 Å². The molecular weight excluding hydrogens is 263 g/mol. The van der Waals surface area contributed by atoms with E-state index >= 15 is 0 Å². The Labute approximate surface area is 107 Å². The Morgan fingerprint density at radius 3 is 2.68 bits per heavy atom. The van der Waals surface area contributed by atoms with Crippen molar-refractivity contribution in [3.63, 3.8) is 0 Å². The molecule has 2 rings (SSSR count). The smallest absolute Gasteiger partial charge is 0.330 e. The molecule has 2 amide bonds. The number of hydrogen-bond acceptors (Lipinski definition) is 3. The van der Waals surface area contributed by atoms with Crippen molar-refractivity contribution in [2.45, 2.75) is 25.1 Å². The molecule has 2 unspecified atom stereocenters. The van der Waals surface area contributed by atoms with Crippen molar-refractivity contribution in [2.24, 2.45) is 5.92 Å². The maximum absolute atomic E-state index is 12.5. The lowest BCUT2D eigenvalue weighted by atomic mass is 10.1. The van der Waals surface area contributed by atoms with Gasteiger partial charge in [-0.3, -0.25) is 9.59 Å². The Balaban J connectivity index is 2.11. The minimum Gasteiger partial charge on any atom is -0.330 e. The minimum atomic E-state index is -4.69. The average molecular weight is 275 g/mol. The molecule has 5 nitrogen and oxygen atoms in total. The van der Waals surface area contributed by atoms with E-state index in [-0.39, 0.29) is 12.5 Å². The van der Waals surface area contributed by atoms with E-state index in [0.717, 1.165) is 11.0 Å². The average Bonchev–Trinajstić information content (AvgIpc) is 2.80. The summed E-state index contributed by atoms with van der Waals surface area (Å²) in [4.78, 5) is 26.0. The van der Waals surface area contributed by atoms with Crippen molar-refractivity contribution < 1.29 is 22.8 Å². The largest absolute Gasteiger partial charge is 0.406 e. The van der Waals surface area contributed by atoms with Crippen LogP contribution in [-0.2, 0) is 9.59 Å². The summed E-state index contributed by atoms with van der Waals surface area (Å²) in [5, 5.41) is 8.53. The van der Waals surface area contributed by atoms with Gasteiger partial charge < -0.3 is 9.80 Å². The molecular formula is C11H12F3N3O2. The van der Waals surface area contributed by atoms with Crippen LogP contribution in [0.1, 0.15) is 12.8 Å². The van der Waals surface area contributed by atoms with E-state index < -0.39 is 30.6 Å². The molecule has 2 fully saturated rings. The molecule has 104 valence electrons. The number of nitrogens with zero attached hydrogens (tertiary/aromatic N) is 3. The third kappa shape index (κ3) is 2.50. The van der Waals surface area contributed by atoms with Crippen LogP contribution >= 0.6 is 0 Å². The highest BCUT2D eigenvalue weighted by atomic mass is 19.4. The van der Waals surface area contributed by atoms with E-state index in [2.05, 4.69) is 0 Å². The van der Waals surface area contributed by atoms with Gasteiger partial charge in [-0.1, -0.05) is 0 Å². The molecule has 2 heterocycles. The Hall–Kier alpha value is -1.78. The molecule has 19 heavy (non-hydrogen) atoms. The van der Waals surface area contributed by atoms with E-state index in [1.165, 1.54) is 4.90 Å². The quantitative estimate of drug-likeness (QED) is 0.738. The third-order valence-corrected chi connectivity index (χ3v) is 3.45. The summed E-state index contributed by atoms with van der Waals surface area (Å²) in [5.41, 5.74) is 0. The molecule has 0 radical (unpaired) electrons. The fourth-order valence-corrected chi connectivity index (χ4v) is 2.46. The highest BCUT2D eigenvalue weighted by molar-refractivity contribution is 5.95. The normalized spacial score (nSPS) is 25.3. The number of amides is 2. The van der Waals surface area contributed by atoms with Gasteiger partial charge in [-0.15, -0.1) is 0 Å². The van der Waals surface area contributed by atoms with Gasteiger partial charge in [0.2, 0.25) is 11.8 Å². The van der Waals surface area contributed by atoms with Crippen LogP contribution < -0.4 is 0 Å². The van der Waals surface area contributed by atoms with Crippen LogP contribution in [0.3, 0.4) is 0 Å². The minimum absolute atomic E-state index is 0.346. The van der Waals surface area contributed by atoms with Crippen LogP contribution in [0, 0.1) is 17.2 Å². The standard InChI is InChI=1S/C11H12F3N3O2/c12-11(13,14)7(4-15)5-16-6-9(18)17-3-1-2-8(17)10(16)19/h7-8H,1-3,5-6H2. The first kappa shape index (κ1) is 13.6. The highest BCUT2D eigenvalue weighted by Gasteiger charge is 2.46. The first-order valence-corrected chi connectivity index (χ1v) is 5.89. The van der Waals surface area contributed by atoms with Crippen LogP contribution in [0.5, 0.6) is 0 Å². The Kier molecular flexibility index (Phi) is 3.39. The molecule has 2 atom stereocenters. The van der Waals surface area contributed by atoms with Gasteiger partial charge in [0.25, 0.3) is 0 Å². The predicted molar refractivity (Wildman–Crippen MR) is 56.5 cm³/mol. The monoisotopic (exact) mass is 275 g/mol. The summed E-state index contributed by atoms with van der Waals surface area (Å²) in [5.74, 6) is -3.08. The third-order valence-electron chi connectivity index (χ3n) is 3.45. The van der Waals surface area contributed by atoms with Crippen molar-refractivity contribution in [2.75, 3.05) is 19.6 Å². The second kappa shape index (κ2) is 4.72. The number of rotatable bonds is 2. The zero-order chi connectivity index (χ0) is 14.2. The lowest BCUT2D eigenvalue weighted by Gasteiger charge is -2.37. The predicted octanol–water partition coefficient (Wildman–Crippen LogP) is 0.522. The zero-order valence-electron chi connectivity index (χ0n) is 9.98. The number of fused-ring (bicyclic) bond motifs is 1. The number of nitriles is 1. The lowest BCUT2D eigenvalue weighted by molar-refractivity contribution is -0.172. The van der Waals surface area contributed by atoms with Crippen LogP contribution in [0.2, 0.25) is 0 Å². The number of halogens is 3. The van der Waals surface area contributed by atoms with E-state index in [1.807, 2.05) is 0 Å². The first-order chi connectivity index (χ1) is 8.84. The molecule has 2 saturated heterocycles. The van der Waals surface area contributed by atoms with Crippen molar-refractivity contribution in [3.05, 3.63) is 0 Å². The molecule has 0 bridgehead atoms. The van der Waals surface area contributed by atoms with Crippen LogP contribution in [-0.4, -0.2) is 53.5 Å². The van der Waals surface area contributed by atoms with E-state index in [1.54, 1.807) is 0 Å². The SMILES string of the molecule is N#CC(CN1CC(=O)N2CCCC2C1=O)C(F)(F)F. The summed E-state index contributed by atoms with van der Waals surface area (Å²) in [7, 11) is 0. The molecule has 0 aromatic heterocycles. The van der Waals surface area contributed by atoms with Crippen LogP contribution in [0.15, 0.2) is 0 Å². The van der Waals surface area contributed by atoms with Crippen molar-refractivity contribution in [1.82, 2.24) is 9.80 Å². The summed E-state index contributed by atoms with van der Waals surface area (Å²) < 4.78 is 37.5. The Bertz CT molecular complexity index is 443. The summed E-state index contributed by atoms with van der Waals surface area (Å²) in [6, 6.07) is 0.496. The second-order valence-electron chi connectivity index (χ2n) is 4.69. The number of piperazine rings is 1. The molecule has 0 N–H and O–H groups in total. The van der Waals surface area contributed by atoms with Gasteiger partial charge >= 0.3 is 6.18 Å². The van der Waals surface area contributed by atoms with E-state index in [4.69, 9.17) is 5.26 Å². The van der Waals surface area contributed by atoms with E-state index in [9.17, 15) is 22.8 Å². The Morgan fingerprint density at radius 1 is 1.42 bits per heavy atom. The molecule has 2 aliphatic rings. The fourth-order valence-electron chi connectivity index (χ4n) is 2.46. The molecule has 0 aromatic carbocycles. The van der Waals surface area contributed by atoms with Crippen LogP contribution in [0.4, 0.5) is 13.2 Å². The maximum atomic E-state index is 12.5. The summed E-state index contributed by atoms with van der Waals surface area (Å²) in [6.45, 7) is -0.664. The number of carbonyl (C=O) groups is 2. The summed E-state index contributed by atoms with van der Waals surface area (Å²) in [6.07, 6.45) is -3.54. The van der Waals surface area contributed by atoms with Crippen LogP contribution in [0.25, 0.3) is 0 Å². The van der Waals surface area contributed by atoms with Crippen molar-refractivity contribution in [3.8, 4) is 6.07 Å². The topological polar surface area (TPSA) is 64.4 Å². The summed E-state index contributed by atoms with van der Waals surface area (Å²) >= 11 is 0. The molecule has 0 aliphatic carbocycles. The van der Waals surface area contributed by atoms with E-state index in [0.29, 0.717) is 19.4 Å². The number of alkyl halides is 3. The Morgan fingerprint density at radius 2 is 2.11 bits per heavy atom. The zero-order valence-corrected chi connectivity index (χ0v) is 9.98. The highest BCUT2D eigenvalue weighted by Crippen LogP contribution is 2.29.